The predicted octanol–water partition coefficient (Wildman–Crippen LogP) is 0.618. The van der Waals surface area contributed by atoms with E-state index in [2.05, 4.69) is 36.4 Å². The average Bonchev–Trinajstić information content (AvgIpc) is 2.71. The van der Waals surface area contributed by atoms with Gasteiger partial charge in [-0.3, -0.25) is 4.68 Å². The number of nitrogens with zero attached hydrogens (tertiary/aromatic N) is 3. The Bertz CT molecular complexity index is 294. The average molecular weight is 225 g/mol. The maximum absolute atomic E-state index is 5.46. The molecule has 0 fully saturated rings. The molecule has 0 saturated carbocycles. The van der Waals surface area contributed by atoms with Crippen LogP contribution in [0.1, 0.15) is 26.5 Å². The van der Waals surface area contributed by atoms with Crippen molar-refractivity contribution in [3.05, 3.63) is 11.9 Å². The van der Waals surface area contributed by atoms with E-state index >= 15 is 0 Å². The molecule has 0 amide bonds. The lowest BCUT2D eigenvalue weighted by molar-refractivity contribution is 0.386. The molecule has 0 aliphatic rings. The van der Waals surface area contributed by atoms with E-state index in [1.54, 1.807) is 0 Å². The number of aromatic nitrogens is 3. The summed E-state index contributed by atoms with van der Waals surface area (Å²) >= 11 is 0. The molecular weight excluding hydrogens is 202 g/mol. The molecule has 16 heavy (non-hydrogen) atoms. The zero-order chi connectivity index (χ0) is 12.0. The predicted molar refractivity (Wildman–Crippen MR) is 64.8 cm³/mol. The summed E-state index contributed by atoms with van der Waals surface area (Å²) in [6.45, 7) is 10.0. The molecule has 0 aliphatic carbocycles. The van der Waals surface area contributed by atoms with Gasteiger partial charge in [0, 0.05) is 19.3 Å². The van der Waals surface area contributed by atoms with Gasteiger partial charge in [-0.25, -0.2) is 0 Å². The van der Waals surface area contributed by atoms with Crippen molar-refractivity contribution in [1.29, 1.82) is 0 Å². The van der Waals surface area contributed by atoms with Crippen molar-refractivity contribution >= 4 is 0 Å². The smallest absolute Gasteiger partial charge is 0.0962 e. The van der Waals surface area contributed by atoms with Crippen molar-refractivity contribution in [3.63, 3.8) is 0 Å². The van der Waals surface area contributed by atoms with Crippen LogP contribution < -0.4 is 11.1 Å². The molecule has 0 spiro atoms. The molecule has 0 aliphatic heterocycles. The van der Waals surface area contributed by atoms with Crippen molar-refractivity contribution in [1.82, 2.24) is 20.3 Å². The van der Waals surface area contributed by atoms with E-state index < -0.39 is 0 Å². The summed E-state index contributed by atoms with van der Waals surface area (Å²) < 4.78 is 1.83. The Morgan fingerprint density at radius 2 is 2.19 bits per heavy atom. The highest BCUT2D eigenvalue weighted by atomic mass is 15.4. The zero-order valence-corrected chi connectivity index (χ0v) is 10.5. The lowest BCUT2D eigenvalue weighted by Gasteiger charge is -2.15. The van der Waals surface area contributed by atoms with E-state index in [9.17, 15) is 0 Å². The lowest BCUT2D eigenvalue weighted by atomic mass is 9.98. The van der Waals surface area contributed by atoms with Crippen LogP contribution in [-0.2, 0) is 13.1 Å². The minimum Gasteiger partial charge on any atom is -0.325 e. The van der Waals surface area contributed by atoms with Crippen LogP contribution in [0.2, 0.25) is 0 Å². The Hall–Kier alpha value is -0.940. The quantitative estimate of drug-likeness (QED) is 0.667. The maximum Gasteiger partial charge on any atom is 0.0962 e. The molecule has 0 bridgehead atoms. The van der Waals surface area contributed by atoms with Gasteiger partial charge in [-0.1, -0.05) is 26.0 Å². The highest BCUT2D eigenvalue weighted by Crippen LogP contribution is 2.07. The fraction of sp³-hybridized carbons (Fsp3) is 0.818. The van der Waals surface area contributed by atoms with Gasteiger partial charge in [0.15, 0.2) is 0 Å². The number of hydrogen-bond donors (Lipinski definition) is 2. The van der Waals surface area contributed by atoms with Gasteiger partial charge in [-0.2, -0.15) is 0 Å². The highest BCUT2D eigenvalue weighted by Gasteiger charge is 2.05. The third-order valence-electron chi connectivity index (χ3n) is 2.92. The fourth-order valence-corrected chi connectivity index (χ4v) is 1.30. The molecule has 0 radical (unpaired) electrons. The molecule has 3 N–H and O–H groups in total. The Balaban J connectivity index is 2.16. The van der Waals surface area contributed by atoms with Crippen LogP contribution in [0.3, 0.4) is 0 Å². The molecule has 0 saturated heterocycles. The highest BCUT2D eigenvalue weighted by molar-refractivity contribution is 4.90. The van der Waals surface area contributed by atoms with E-state index in [0.29, 0.717) is 12.5 Å². The monoisotopic (exact) mass is 225 g/mol. The van der Waals surface area contributed by atoms with Crippen LogP contribution in [-0.4, -0.2) is 28.1 Å². The molecule has 1 aromatic heterocycles. The van der Waals surface area contributed by atoms with E-state index in [1.807, 2.05) is 10.9 Å². The summed E-state index contributed by atoms with van der Waals surface area (Å²) in [6, 6.07) is 0. The SMILES string of the molecule is CC(C)C(C)CNCCn1cc(CN)nn1. The summed E-state index contributed by atoms with van der Waals surface area (Å²) in [5, 5.41) is 11.3. The van der Waals surface area contributed by atoms with E-state index in [4.69, 9.17) is 5.73 Å². The Morgan fingerprint density at radius 3 is 2.75 bits per heavy atom. The first-order valence-electron chi connectivity index (χ1n) is 5.93. The molecule has 1 heterocycles. The summed E-state index contributed by atoms with van der Waals surface area (Å²) in [5.74, 6) is 1.43. The third kappa shape index (κ3) is 4.28. The van der Waals surface area contributed by atoms with Gasteiger partial charge in [0.2, 0.25) is 0 Å². The summed E-state index contributed by atoms with van der Waals surface area (Å²) in [6.07, 6.45) is 1.90. The number of nitrogens with two attached hydrogens (primary N) is 1. The fourth-order valence-electron chi connectivity index (χ4n) is 1.30. The third-order valence-corrected chi connectivity index (χ3v) is 2.92. The van der Waals surface area contributed by atoms with Crippen LogP contribution in [0.25, 0.3) is 0 Å². The first-order chi connectivity index (χ1) is 7.63. The standard InChI is InChI=1S/C11H23N5/c1-9(2)10(3)7-13-4-5-16-8-11(6-12)14-15-16/h8-10,13H,4-7,12H2,1-3H3. The van der Waals surface area contributed by atoms with Gasteiger partial charge >= 0.3 is 0 Å². The van der Waals surface area contributed by atoms with Gasteiger partial charge in [0.25, 0.3) is 0 Å². The number of hydrogen-bond acceptors (Lipinski definition) is 4. The van der Waals surface area contributed by atoms with Crippen LogP contribution in [0, 0.1) is 11.8 Å². The minimum atomic E-state index is 0.456. The first kappa shape index (κ1) is 13.1. The topological polar surface area (TPSA) is 68.8 Å². The molecule has 0 aromatic carbocycles. The second-order valence-corrected chi connectivity index (χ2v) is 4.60. The van der Waals surface area contributed by atoms with Gasteiger partial charge < -0.3 is 11.1 Å². The van der Waals surface area contributed by atoms with Crippen molar-refractivity contribution < 1.29 is 0 Å². The van der Waals surface area contributed by atoms with Crippen LogP contribution in [0.5, 0.6) is 0 Å². The normalized spacial score (nSPS) is 13.3. The van der Waals surface area contributed by atoms with Crippen molar-refractivity contribution in [3.8, 4) is 0 Å². The Morgan fingerprint density at radius 1 is 1.44 bits per heavy atom. The summed E-state index contributed by atoms with van der Waals surface area (Å²) in [7, 11) is 0. The van der Waals surface area contributed by atoms with E-state index in [1.165, 1.54) is 0 Å². The van der Waals surface area contributed by atoms with Crippen LogP contribution >= 0.6 is 0 Å². The second kappa shape index (κ2) is 6.60. The molecule has 1 unspecified atom stereocenters. The number of rotatable bonds is 7. The largest absolute Gasteiger partial charge is 0.325 e. The second-order valence-electron chi connectivity index (χ2n) is 4.60. The Labute approximate surface area is 97.4 Å². The lowest BCUT2D eigenvalue weighted by Crippen LogP contribution is -2.27. The minimum absolute atomic E-state index is 0.456. The molecule has 5 heteroatoms. The summed E-state index contributed by atoms with van der Waals surface area (Å²) in [5.41, 5.74) is 6.30. The summed E-state index contributed by atoms with van der Waals surface area (Å²) in [4.78, 5) is 0. The maximum atomic E-state index is 5.46. The number of nitrogens with one attached hydrogen (secondary N) is 1. The van der Waals surface area contributed by atoms with Crippen molar-refractivity contribution in [2.45, 2.75) is 33.9 Å². The van der Waals surface area contributed by atoms with Crippen LogP contribution in [0.15, 0.2) is 6.20 Å². The molecule has 1 aromatic rings. The van der Waals surface area contributed by atoms with Gasteiger partial charge in [0.1, 0.15) is 0 Å². The molecule has 5 nitrogen and oxygen atoms in total. The molecule has 1 atom stereocenters. The van der Waals surface area contributed by atoms with Gasteiger partial charge in [-0.15, -0.1) is 5.10 Å². The van der Waals surface area contributed by atoms with Gasteiger partial charge in [-0.05, 0) is 18.4 Å². The first-order valence-corrected chi connectivity index (χ1v) is 5.93. The van der Waals surface area contributed by atoms with E-state index in [-0.39, 0.29) is 0 Å². The van der Waals surface area contributed by atoms with E-state index in [0.717, 1.165) is 31.2 Å². The zero-order valence-electron chi connectivity index (χ0n) is 10.5. The van der Waals surface area contributed by atoms with Crippen molar-refractivity contribution in [2.24, 2.45) is 17.6 Å². The molecule has 92 valence electrons. The van der Waals surface area contributed by atoms with Crippen LogP contribution in [0.4, 0.5) is 0 Å². The molecule has 1 rings (SSSR count). The molecular formula is C11H23N5. The van der Waals surface area contributed by atoms with Crippen molar-refractivity contribution in [2.75, 3.05) is 13.1 Å². The van der Waals surface area contributed by atoms with Gasteiger partial charge in [0.05, 0.1) is 12.2 Å². The Kier molecular flexibility index (Phi) is 5.42.